The lowest BCUT2D eigenvalue weighted by Crippen LogP contribution is -2.38. The third-order valence-corrected chi connectivity index (χ3v) is 9.88. The molecule has 0 amide bonds. The number of benzene rings is 2. The topological polar surface area (TPSA) is 87.8 Å². The van der Waals surface area contributed by atoms with Crippen molar-refractivity contribution in [3.8, 4) is 0 Å². The first kappa shape index (κ1) is 36.8. The van der Waals surface area contributed by atoms with Gasteiger partial charge in [-0.1, -0.05) is 50.1 Å². The summed E-state index contributed by atoms with van der Waals surface area (Å²) in [5.74, 6) is -7.66. The number of nitrogens with zero attached hydrogens (tertiary/aromatic N) is 2. The van der Waals surface area contributed by atoms with E-state index in [4.69, 9.17) is 5.11 Å². The van der Waals surface area contributed by atoms with Crippen molar-refractivity contribution >= 4 is 38.8 Å². The Morgan fingerprint density at radius 3 is 2.38 bits per heavy atom. The summed E-state index contributed by atoms with van der Waals surface area (Å²) < 4.78 is 89.3. The van der Waals surface area contributed by atoms with Crippen LogP contribution in [0, 0.1) is 30.2 Å². The number of fused-ring (bicyclic) bond motifs is 2. The number of aromatic nitrogens is 1. The predicted molar refractivity (Wildman–Crippen MR) is 178 cm³/mol. The fourth-order valence-corrected chi connectivity index (χ4v) is 6.86. The zero-order chi connectivity index (χ0) is 35.2. The largest absolute Gasteiger partial charge is 0.481 e. The summed E-state index contributed by atoms with van der Waals surface area (Å²) in [4.78, 5) is 12.3. The van der Waals surface area contributed by atoms with Gasteiger partial charge in [-0.25, -0.2) is 17.6 Å². The Hall–Kier alpha value is -4.03. The molecule has 0 atom stereocenters. The highest BCUT2D eigenvalue weighted by Crippen LogP contribution is 2.51. The molecular formula is C36H41F4N2O5S+. The van der Waals surface area contributed by atoms with Gasteiger partial charge < -0.3 is 10.0 Å². The van der Waals surface area contributed by atoms with E-state index >= 15 is 8.78 Å². The van der Waals surface area contributed by atoms with Crippen molar-refractivity contribution in [3.05, 3.63) is 100 Å². The van der Waals surface area contributed by atoms with Crippen molar-refractivity contribution < 1.29 is 44.6 Å². The maximum absolute atomic E-state index is 15.2. The van der Waals surface area contributed by atoms with Crippen molar-refractivity contribution in [3.63, 3.8) is 0 Å². The third-order valence-electron chi connectivity index (χ3n) is 8.58. The SMILES string of the molecule is COS(=O)(=O)CCCC[n+]1c(/C=C/C=C/C=C2/N(CCCCCC(=O)O)c3c(F)c(F)c(F)c(F)c3C2(C)C)ccc2cc(C)ccc21. The van der Waals surface area contributed by atoms with Gasteiger partial charge in [-0.05, 0) is 44.4 Å². The minimum absolute atomic E-state index is 0.0325. The number of unbranched alkanes of at least 4 members (excludes halogenated alkanes) is 3. The van der Waals surface area contributed by atoms with Crippen LogP contribution >= 0.6 is 0 Å². The number of pyridine rings is 1. The molecule has 0 saturated heterocycles. The first-order valence-electron chi connectivity index (χ1n) is 15.8. The molecule has 1 aliphatic rings. The van der Waals surface area contributed by atoms with Gasteiger partial charge in [0.2, 0.25) is 11.2 Å². The number of carboxylic acids is 1. The number of aliphatic carboxylic acids is 1. The second-order valence-electron chi connectivity index (χ2n) is 12.4. The van der Waals surface area contributed by atoms with Crippen molar-refractivity contribution in [2.45, 2.75) is 71.3 Å². The molecule has 0 radical (unpaired) electrons. The smallest absolute Gasteiger partial charge is 0.303 e. The summed E-state index contributed by atoms with van der Waals surface area (Å²) in [5.41, 5.74) is 1.56. The van der Waals surface area contributed by atoms with E-state index in [1.54, 1.807) is 38.2 Å². The molecule has 1 N–H and O–H groups in total. The van der Waals surface area contributed by atoms with Gasteiger partial charge in [0.25, 0.3) is 10.1 Å². The van der Waals surface area contributed by atoms with E-state index in [2.05, 4.69) is 14.8 Å². The number of halogens is 4. The van der Waals surface area contributed by atoms with Crippen molar-refractivity contribution in [2.75, 3.05) is 24.3 Å². The Labute approximate surface area is 279 Å². The van der Waals surface area contributed by atoms with Gasteiger partial charge in [-0.2, -0.15) is 13.0 Å². The van der Waals surface area contributed by atoms with Crippen molar-refractivity contribution in [1.29, 1.82) is 0 Å². The van der Waals surface area contributed by atoms with Crippen molar-refractivity contribution in [1.82, 2.24) is 0 Å². The third kappa shape index (κ3) is 8.15. The molecule has 12 heteroatoms. The quantitative estimate of drug-likeness (QED) is 0.0336. The fraction of sp³-hybridized carbons (Fsp3) is 0.389. The normalized spacial score (nSPS) is 15.4. The van der Waals surface area contributed by atoms with E-state index in [0.717, 1.165) is 29.3 Å². The van der Waals surface area contributed by atoms with E-state index in [-0.39, 0.29) is 30.0 Å². The Morgan fingerprint density at radius 1 is 0.938 bits per heavy atom. The number of aryl methyl sites for hydroxylation is 2. The van der Waals surface area contributed by atoms with Crippen LogP contribution in [0.3, 0.4) is 0 Å². The van der Waals surface area contributed by atoms with Crippen LogP contribution in [0.15, 0.2) is 60.3 Å². The molecule has 1 aromatic heterocycles. The standard InChI is InChI=1S/C36H40F4N2O5S/c1-24-16-19-27-25(23-24)17-18-26(41(27)20-11-12-22-48(45,46)47-4)13-7-5-8-14-28-36(2,3)30-31(37)32(38)33(39)34(40)35(30)42(28)21-10-6-9-15-29(43)44/h5,7-8,13-14,16-19,23H,6,9-12,15,20-22H2,1-4H3/p+1. The molecule has 0 saturated carbocycles. The van der Waals surface area contributed by atoms with Gasteiger partial charge in [-0.15, -0.1) is 0 Å². The Kier molecular flexibility index (Phi) is 11.9. The number of hydrogen-bond donors (Lipinski definition) is 1. The Balaban J connectivity index is 1.62. The molecule has 0 aliphatic carbocycles. The zero-order valence-corrected chi connectivity index (χ0v) is 28.3. The highest BCUT2D eigenvalue weighted by atomic mass is 32.2. The summed E-state index contributed by atoms with van der Waals surface area (Å²) in [7, 11) is -2.40. The predicted octanol–water partition coefficient (Wildman–Crippen LogP) is 7.64. The lowest BCUT2D eigenvalue weighted by molar-refractivity contribution is -0.673. The molecule has 0 bridgehead atoms. The minimum atomic E-state index is -3.55. The molecule has 0 fully saturated rings. The molecule has 4 rings (SSSR count). The van der Waals surface area contributed by atoms with Crippen LogP contribution in [-0.2, 0) is 31.1 Å². The van der Waals surface area contributed by atoms with Crippen LogP contribution in [0.2, 0.25) is 0 Å². The summed E-state index contributed by atoms with van der Waals surface area (Å²) in [6, 6.07) is 10.1. The minimum Gasteiger partial charge on any atom is -0.481 e. The monoisotopic (exact) mass is 689 g/mol. The second-order valence-corrected chi connectivity index (χ2v) is 14.2. The van der Waals surface area contributed by atoms with E-state index in [0.29, 0.717) is 44.3 Å². The van der Waals surface area contributed by atoms with Crippen LogP contribution in [0.4, 0.5) is 23.2 Å². The first-order valence-corrected chi connectivity index (χ1v) is 17.4. The zero-order valence-electron chi connectivity index (χ0n) is 27.5. The van der Waals surface area contributed by atoms with Crippen LogP contribution in [-0.4, -0.2) is 38.9 Å². The molecule has 258 valence electrons. The molecular weight excluding hydrogens is 648 g/mol. The molecule has 7 nitrogen and oxygen atoms in total. The average Bonchev–Trinajstić information content (AvgIpc) is 3.26. The fourth-order valence-electron chi connectivity index (χ4n) is 6.13. The molecule has 0 spiro atoms. The van der Waals surface area contributed by atoms with Gasteiger partial charge in [0.1, 0.15) is 6.54 Å². The van der Waals surface area contributed by atoms with Crippen LogP contribution in [0.25, 0.3) is 17.0 Å². The van der Waals surface area contributed by atoms with Gasteiger partial charge >= 0.3 is 5.97 Å². The number of rotatable bonds is 15. The number of allylic oxidation sites excluding steroid dienone is 5. The number of carbonyl (C=O) groups is 1. The summed E-state index contributed by atoms with van der Waals surface area (Å²) >= 11 is 0. The van der Waals surface area contributed by atoms with Gasteiger partial charge in [0.05, 0.1) is 18.6 Å². The van der Waals surface area contributed by atoms with E-state index in [1.165, 1.54) is 4.90 Å². The number of hydrogen-bond acceptors (Lipinski definition) is 5. The lowest BCUT2D eigenvalue weighted by Gasteiger charge is -2.27. The molecule has 0 unspecified atom stereocenters. The highest BCUT2D eigenvalue weighted by Gasteiger charge is 2.46. The van der Waals surface area contributed by atoms with Crippen LogP contribution < -0.4 is 9.47 Å². The number of carboxylic acid groups (broad SMARTS) is 1. The Bertz CT molecular complexity index is 1890. The van der Waals surface area contributed by atoms with Gasteiger partial charge in [0.15, 0.2) is 23.3 Å². The maximum atomic E-state index is 15.2. The van der Waals surface area contributed by atoms with E-state index < -0.39 is 44.8 Å². The first-order chi connectivity index (χ1) is 22.7. The van der Waals surface area contributed by atoms with Crippen LogP contribution in [0.5, 0.6) is 0 Å². The Morgan fingerprint density at radius 2 is 1.67 bits per heavy atom. The van der Waals surface area contributed by atoms with Crippen molar-refractivity contribution in [2.24, 2.45) is 0 Å². The molecule has 3 aromatic rings. The molecule has 2 aromatic carbocycles. The maximum Gasteiger partial charge on any atom is 0.303 e. The molecule has 2 heterocycles. The van der Waals surface area contributed by atoms with Gasteiger partial charge in [-0.3, -0.25) is 8.98 Å². The average molecular weight is 690 g/mol. The second kappa shape index (κ2) is 15.5. The van der Waals surface area contributed by atoms with E-state index in [9.17, 15) is 22.0 Å². The summed E-state index contributed by atoms with van der Waals surface area (Å²) in [6.07, 6.45) is 11.0. The summed E-state index contributed by atoms with van der Waals surface area (Å²) in [5, 5.41) is 9.97. The lowest BCUT2D eigenvalue weighted by atomic mass is 9.83. The van der Waals surface area contributed by atoms with Gasteiger partial charge in [0, 0.05) is 59.7 Å². The number of anilines is 1. The summed E-state index contributed by atoms with van der Waals surface area (Å²) in [6.45, 7) is 5.94. The van der Waals surface area contributed by atoms with Crippen LogP contribution in [0.1, 0.15) is 69.2 Å². The molecule has 1 aliphatic heterocycles. The molecule has 48 heavy (non-hydrogen) atoms. The highest BCUT2D eigenvalue weighted by molar-refractivity contribution is 7.86. The van der Waals surface area contributed by atoms with E-state index in [1.807, 2.05) is 37.3 Å².